The summed E-state index contributed by atoms with van der Waals surface area (Å²) >= 11 is 0. The zero-order chi connectivity index (χ0) is 9.10. The van der Waals surface area contributed by atoms with Crippen LogP contribution in [0.15, 0.2) is 12.4 Å². The first-order chi connectivity index (χ1) is 6.40. The van der Waals surface area contributed by atoms with Crippen molar-refractivity contribution in [1.82, 2.24) is 30.6 Å². The van der Waals surface area contributed by atoms with E-state index in [1.54, 1.807) is 12.4 Å². The number of hydrogen-bond acceptors (Lipinski definition) is 5. The van der Waals surface area contributed by atoms with Crippen LogP contribution in [0.25, 0.3) is 11.6 Å². The number of nitrogens with one attached hydrogen (secondary N) is 1. The van der Waals surface area contributed by atoms with E-state index in [9.17, 15) is 0 Å². The maximum absolute atomic E-state index is 4.10. The highest BCUT2D eigenvalue weighted by molar-refractivity contribution is 5.39. The van der Waals surface area contributed by atoms with Crippen molar-refractivity contribution < 1.29 is 0 Å². The van der Waals surface area contributed by atoms with Crippen LogP contribution in [-0.2, 0) is 6.42 Å². The van der Waals surface area contributed by atoms with Gasteiger partial charge in [-0.05, 0) is 17.2 Å². The van der Waals surface area contributed by atoms with E-state index in [2.05, 4.69) is 30.6 Å². The van der Waals surface area contributed by atoms with Crippen molar-refractivity contribution in [3.63, 3.8) is 0 Å². The number of nitrogens with zero attached hydrogens (tertiary/aromatic N) is 5. The second-order valence-corrected chi connectivity index (χ2v) is 2.50. The van der Waals surface area contributed by atoms with Gasteiger partial charge in [-0.15, -0.1) is 10.2 Å². The van der Waals surface area contributed by atoms with Crippen molar-refractivity contribution in [2.75, 3.05) is 0 Å². The van der Waals surface area contributed by atoms with Gasteiger partial charge in [0.2, 0.25) is 11.6 Å². The monoisotopic (exact) mass is 176 g/mol. The summed E-state index contributed by atoms with van der Waals surface area (Å²) < 4.78 is 0. The molecule has 66 valence electrons. The van der Waals surface area contributed by atoms with Gasteiger partial charge < -0.3 is 0 Å². The molecule has 0 saturated carbocycles. The van der Waals surface area contributed by atoms with E-state index in [0.717, 1.165) is 12.0 Å². The molecule has 2 aromatic rings. The summed E-state index contributed by atoms with van der Waals surface area (Å²) in [7, 11) is 0. The van der Waals surface area contributed by atoms with Crippen LogP contribution < -0.4 is 0 Å². The second-order valence-electron chi connectivity index (χ2n) is 2.50. The van der Waals surface area contributed by atoms with Gasteiger partial charge in [0.05, 0.1) is 0 Å². The largest absolute Gasteiger partial charge is 0.241 e. The van der Waals surface area contributed by atoms with Gasteiger partial charge in [-0.25, -0.2) is 9.97 Å². The SMILES string of the molecule is CCc1cnc(-c2nn[nH]n2)nc1. The molecule has 2 rings (SSSR count). The highest BCUT2D eigenvalue weighted by atomic mass is 15.5. The number of tetrazole rings is 1. The van der Waals surface area contributed by atoms with Gasteiger partial charge in [0.1, 0.15) is 0 Å². The molecule has 2 heterocycles. The predicted molar refractivity (Wildman–Crippen MR) is 44.6 cm³/mol. The van der Waals surface area contributed by atoms with Gasteiger partial charge in [-0.3, -0.25) is 0 Å². The Hall–Kier alpha value is -1.85. The van der Waals surface area contributed by atoms with Gasteiger partial charge in [0.25, 0.3) is 0 Å². The van der Waals surface area contributed by atoms with Crippen molar-refractivity contribution in [2.24, 2.45) is 0 Å². The molecule has 0 saturated heterocycles. The van der Waals surface area contributed by atoms with Gasteiger partial charge in [0.15, 0.2) is 0 Å². The van der Waals surface area contributed by atoms with E-state index in [0.29, 0.717) is 11.6 Å². The van der Waals surface area contributed by atoms with Crippen molar-refractivity contribution in [3.05, 3.63) is 18.0 Å². The average Bonchev–Trinajstić information content (AvgIpc) is 2.71. The molecule has 2 aromatic heterocycles. The number of aromatic amines is 1. The quantitative estimate of drug-likeness (QED) is 0.707. The Labute approximate surface area is 74.4 Å². The molecule has 0 aliphatic heterocycles. The molecular weight excluding hydrogens is 168 g/mol. The lowest BCUT2D eigenvalue weighted by Gasteiger charge is -1.94. The third-order valence-corrected chi connectivity index (χ3v) is 1.66. The van der Waals surface area contributed by atoms with Crippen LogP contribution in [0.3, 0.4) is 0 Å². The van der Waals surface area contributed by atoms with Crippen LogP contribution in [0.2, 0.25) is 0 Å². The zero-order valence-corrected chi connectivity index (χ0v) is 7.10. The highest BCUT2D eigenvalue weighted by Crippen LogP contribution is 2.05. The maximum atomic E-state index is 4.10. The van der Waals surface area contributed by atoms with Crippen molar-refractivity contribution in [2.45, 2.75) is 13.3 Å². The second kappa shape index (κ2) is 3.26. The molecule has 0 aromatic carbocycles. The summed E-state index contributed by atoms with van der Waals surface area (Å²) in [5.74, 6) is 0.911. The molecule has 0 atom stereocenters. The standard InChI is InChI=1S/C7H8N6/c1-2-5-3-8-6(9-4-5)7-10-12-13-11-7/h3-4H,2H2,1H3,(H,10,11,12,13). The van der Waals surface area contributed by atoms with E-state index in [1.165, 1.54) is 0 Å². The molecule has 0 amide bonds. The first kappa shape index (κ1) is 7.78. The third-order valence-electron chi connectivity index (χ3n) is 1.66. The van der Waals surface area contributed by atoms with Crippen molar-refractivity contribution >= 4 is 0 Å². The van der Waals surface area contributed by atoms with E-state index < -0.39 is 0 Å². The third kappa shape index (κ3) is 1.51. The summed E-state index contributed by atoms with van der Waals surface area (Å²) in [6.45, 7) is 2.05. The molecular formula is C7H8N6. The minimum atomic E-state index is 0.419. The highest BCUT2D eigenvalue weighted by Gasteiger charge is 2.04. The molecule has 0 fully saturated rings. The molecule has 0 unspecified atom stereocenters. The van der Waals surface area contributed by atoms with Gasteiger partial charge in [-0.1, -0.05) is 6.92 Å². The number of rotatable bonds is 2. The normalized spacial score (nSPS) is 10.2. The number of H-pyrrole nitrogens is 1. The lowest BCUT2D eigenvalue weighted by Crippen LogP contribution is -1.92. The molecule has 13 heavy (non-hydrogen) atoms. The summed E-state index contributed by atoms with van der Waals surface area (Å²) in [5, 5.41) is 13.3. The maximum Gasteiger partial charge on any atom is 0.241 e. The summed E-state index contributed by atoms with van der Waals surface area (Å²) in [6.07, 6.45) is 4.45. The minimum Gasteiger partial charge on any atom is -0.233 e. The van der Waals surface area contributed by atoms with Crippen molar-refractivity contribution in [1.29, 1.82) is 0 Å². The Bertz CT molecular complexity index is 364. The van der Waals surface area contributed by atoms with Crippen LogP contribution >= 0.6 is 0 Å². The van der Waals surface area contributed by atoms with Gasteiger partial charge in [0, 0.05) is 12.4 Å². The van der Waals surface area contributed by atoms with Crippen LogP contribution in [0.4, 0.5) is 0 Å². The van der Waals surface area contributed by atoms with Crippen LogP contribution in [0.1, 0.15) is 12.5 Å². The summed E-state index contributed by atoms with van der Waals surface area (Å²) in [6, 6.07) is 0. The van der Waals surface area contributed by atoms with Crippen LogP contribution in [0.5, 0.6) is 0 Å². The molecule has 1 N–H and O–H groups in total. The fraction of sp³-hybridized carbons (Fsp3) is 0.286. The van der Waals surface area contributed by atoms with Crippen LogP contribution in [-0.4, -0.2) is 30.6 Å². The van der Waals surface area contributed by atoms with Gasteiger partial charge in [-0.2, -0.15) is 5.21 Å². The van der Waals surface area contributed by atoms with Gasteiger partial charge >= 0.3 is 0 Å². The summed E-state index contributed by atoms with van der Waals surface area (Å²) in [4.78, 5) is 8.19. The minimum absolute atomic E-state index is 0.419. The smallest absolute Gasteiger partial charge is 0.233 e. The number of hydrogen-bond donors (Lipinski definition) is 1. The first-order valence-electron chi connectivity index (χ1n) is 3.95. The number of aryl methyl sites for hydroxylation is 1. The average molecular weight is 176 g/mol. The fourth-order valence-corrected chi connectivity index (χ4v) is 0.909. The van der Waals surface area contributed by atoms with E-state index in [1.807, 2.05) is 6.92 Å². The molecule has 0 aliphatic carbocycles. The molecule has 0 radical (unpaired) electrons. The first-order valence-corrected chi connectivity index (χ1v) is 3.95. The topological polar surface area (TPSA) is 80.2 Å². The van der Waals surface area contributed by atoms with E-state index in [-0.39, 0.29) is 0 Å². The lowest BCUT2D eigenvalue weighted by molar-refractivity contribution is 0.881. The van der Waals surface area contributed by atoms with E-state index in [4.69, 9.17) is 0 Å². The Morgan fingerprint density at radius 3 is 2.54 bits per heavy atom. The number of aromatic nitrogens is 6. The molecule has 6 nitrogen and oxygen atoms in total. The zero-order valence-electron chi connectivity index (χ0n) is 7.10. The summed E-state index contributed by atoms with van der Waals surface area (Å²) in [5.41, 5.74) is 1.09. The lowest BCUT2D eigenvalue weighted by atomic mass is 10.3. The molecule has 0 aliphatic rings. The fourth-order valence-electron chi connectivity index (χ4n) is 0.909. The van der Waals surface area contributed by atoms with Crippen LogP contribution in [0, 0.1) is 0 Å². The molecule has 6 heteroatoms. The Morgan fingerprint density at radius 2 is 2.00 bits per heavy atom. The molecule has 0 spiro atoms. The predicted octanol–water partition coefficient (Wildman–Crippen LogP) is 0.219. The van der Waals surface area contributed by atoms with E-state index >= 15 is 0 Å². The van der Waals surface area contributed by atoms with Crippen molar-refractivity contribution in [3.8, 4) is 11.6 Å². The Morgan fingerprint density at radius 1 is 1.23 bits per heavy atom. The Kier molecular flexibility index (Phi) is 1.95. The molecule has 0 bridgehead atoms. The Balaban J connectivity index is 2.33.